The van der Waals surface area contributed by atoms with Gasteiger partial charge in [0.15, 0.2) is 5.16 Å². The van der Waals surface area contributed by atoms with Crippen molar-refractivity contribution in [3.05, 3.63) is 10.5 Å². The smallest absolute Gasteiger partial charge is 0.327 e. The summed E-state index contributed by atoms with van der Waals surface area (Å²) < 4.78 is 1.82. The van der Waals surface area contributed by atoms with E-state index in [1.807, 2.05) is 4.57 Å². The van der Waals surface area contributed by atoms with Crippen LogP contribution in [0.25, 0.3) is 0 Å². The molecule has 1 aromatic rings. The molecule has 0 amide bonds. The quantitative estimate of drug-likeness (QED) is 0.871. The zero-order valence-corrected chi connectivity index (χ0v) is 11.4. The summed E-state index contributed by atoms with van der Waals surface area (Å²) in [5.74, 6) is 0.724. The number of aromatic amines is 1. The van der Waals surface area contributed by atoms with Gasteiger partial charge < -0.3 is 5.73 Å². The van der Waals surface area contributed by atoms with Crippen molar-refractivity contribution in [3.8, 4) is 0 Å². The predicted octanol–water partition coefficient (Wildman–Crippen LogP) is 1.51. The van der Waals surface area contributed by atoms with E-state index in [4.69, 9.17) is 5.73 Å². The largest absolute Gasteiger partial charge is 0.344 e. The van der Waals surface area contributed by atoms with Crippen molar-refractivity contribution in [2.45, 2.75) is 61.5 Å². The Morgan fingerprint density at radius 1 is 1.39 bits per heavy atom. The van der Waals surface area contributed by atoms with Gasteiger partial charge in [-0.15, -0.1) is 5.10 Å². The summed E-state index contributed by atoms with van der Waals surface area (Å²) >= 11 is 1.69. The van der Waals surface area contributed by atoms with Crippen LogP contribution in [-0.2, 0) is 0 Å². The number of nitrogens with two attached hydrogens (primary N) is 1. The molecule has 0 aromatic carbocycles. The topological polar surface area (TPSA) is 76.7 Å². The Kier molecular flexibility index (Phi) is 3.23. The van der Waals surface area contributed by atoms with Crippen molar-refractivity contribution < 1.29 is 0 Å². The molecule has 1 aromatic heterocycles. The van der Waals surface area contributed by atoms with Crippen molar-refractivity contribution in [2.75, 3.05) is 0 Å². The first-order valence-electron chi connectivity index (χ1n) is 6.74. The highest BCUT2D eigenvalue weighted by molar-refractivity contribution is 7.99. The van der Waals surface area contributed by atoms with Crippen LogP contribution in [0.15, 0.2) is 9.95 Å². The van der Waals surface area contributed by atoms with Crippen molar-refractivity contribution in [3.63, 3.8) is 0 Å². The normalized spacial score (nSPS) is 32.7. The van der Waals surface area contributed by atoms with Crippen LogP contribution in [0, 0.1) is 5.92 Å². The summed E-state index contributed by atoms with van der Waals surface area (Å²) in [6, 6.07) is 0.599. The summed E-state index contributed by atoms with van der Waals surface area (Å²) in [5, 5.41) is 7.95. The molecule has 3 unspecified atom stereocenters. The Hall–Kier alpha value is -0.750. The van der Waals surface area contributed by atoms with E-state index in [9.17, 15) is 4.79 Å². The Labute approximate surface area is 111 Å². The second-order valence-electron chi connectivity index (χ2n) is 5.65. The molecule has 2 aliphatic rings. The number of nitrogens with one attached hydrogen (secondary N) is 1. The van der Waals surface area contributed by atoms with Gasteiger partial charge in [0.1, 0.15) is 0 Å². The van der Waals surface area contributed by atoms with E-state index in [1.54, 1.807) is 11.8 Å². The standard InChI is InChI=1S/C12H20N4OS/c1-7-2-5-9(13)10(6-7)18-12-15-14-11(17)16(12)8-3-4-8/h7-10H,2-6,13H2,1H3,(H,14,17). The molecule has 0 saturated heterocycles. The maximum Gasteiger partial charge on any atom is 0.344 e. The van der Waals surface area contributed by atoms with E-state index in [2.05, 4.69) is 17.1 Å². The minimum atomic E-state index is -0.0718. The first kappa shape index (κ1) is 12.3. The zero-order chi connectivity index (χ0) is 12.7. The van der Waals surface area contributed by atoms with E-state index in [0.717, 1.165) is 36.8 Å². The maximum atomic E-state index is 11.7. The summed E-state index contributed by atoms with van der Waals surface area (Å²) in [7, 11) is 0. The van der Waals surface area contributed by atoms with Crippen LogP contribution in [0.3, 0.4) is 0 Å². The monoisotopic (exact) mass is 268 g/mol. The molecule has 0 radical (unpaired) electrons. The Morgan fingerprint density at radius 2 is 2.17 bits per heavy atom. The SMILES string of the molecule is CC1CCC(N)C(Sc2n[nH]c(=O)n2C2CC2)C1. The molecular weight excluding hydrogens is 248 g/mol. The lowest BCUT2D eigenvalue weighted by atomic mass is 9.87. The van der Waals surface area contributed by atoms with Crippen LogP contribution < -0.4 is 11.4 Å². The van der Waals surface area contributed by atoms with E-state index >= 15 is 0 Å². The van der Waals surface area contributed by atoms with Gasteiger partial charge in [-0.25, -0.2) is 9.89 Å². The highest BCUT2D eigenvalue weighted by atomic mass is 32.2. The van der Waals surface area contributed by atoms with Crippen molar-refractivity contribution >= 4 is 11.8 Å². The van der Waals surface area contributed by atoms with Crippen LogP contribution in [0.1, 0.15) is 45.1 Å². The van der Waals surface area contributed by atoms with Crippen LogP contribution in [-0.4, -0.2) is 26.1 Å². The van der Waals surface area contributed by atoms with E-state index < -0.39 is 0 Å². The van der Waals surface area contributed by atoms with Crippen molar-refractivity contribution in [1.82, 2.24) is 14.8 Å². The third-order valence-electron chi connectivity index (χ3n) is 3.95. The first-order valence-corrected chi connectivity index (χ1v) is 7.62. The number of nitrogens with zero attached hydrogens (tertiary/aromatic N) is 2. The highest BCUT2D eigenvalue weighted by Crippen LogP contribution is 2.39. The van der Waals surface area contributed by atoms with Crippen molar-refractivity contribution in [1.29, 1.82) is 0 Å². The number of aromatic nitrogens is 3. The van der Waals surface area contributed by atoms with Gasteiger partial charge in [0, 0.05) is 17.3 Å². The first-order chi connectivity index (χ1) is 8.65. The minimum absolute atomic E-state index is 0.0718. The molecule has 3 N–H and O–H groups in total. The lowest BCUT2D eigenvalue weighted by Crippen LogP contribution is -2.38. The molecular formula is C12H20N4OS. The molecule has 0 spiro atoms. The number of H-pyrrole nitrogens is 1. The Balaban J connectivity index is 1.77. The summed E-state index contributed by atoms with van der Waals surface area (Å²) in [4.78, 5) is 11.7. The van der Waals surface area contributed by atoms with Crippen LogP contribution >= 0.6 is 11.8 Å². The lowest BCUT2D eigenvalue weighted by molar-refractivity contribution is 0.357. The molecule has 2 aliphatic carbocycles. The van der Waals surface area contributed by atoms with E-state index in [0.29, 0.717) is 11.3 Å². The van der Waals surface area contributed by atoms with Crippen LogP contribution in [0.2, 0.25) is 0 Å². The third kappa shape index (κ3) is 2.36. The number of hydrogen-bond donors (Lipinski definition) is 2. The second-order valence-corrected chi connectivity index (χ2v) is 6.86. The van der Waals surface area contributed by atoms with Gasteiger partial charge in [0.05, 0.1) is 0 Å². The zero-order valence-electron chi connectivity index (χ0n) is 10.6. The van der Waals surface area contributed by atoms with Gasteiger partial charge in [-0.2, -0.15) is 0 Å². The van der Waals surface area contributed by atoms with Gasteiger partial charge in [-0.3, -0.25) is 4.57 Å². The molecule has 0 bridgehead atoms. The van der Waals surface area contributed by atoms with E-state index in [-0.39, 0.29) is 11.7 Å². The highest BCUT2D eigenvalue weighted by Gasteiger charge is 2.32. The van der Waals surface area contributed by atoms with Crippen LogP contribution in [0.5, 0.6) is 0 Å². The molecule has 3 atom stereocenters. The van der Waals surface area contributed by atoms with Gasteiger partial charge in [-0.1, -0.05) is 18.7 Å². The van der Waals surface area contributed by atoms with Gasteiger partial charge in [0.2, 0.25) is 0 Å². The maximum absolute atomic E-state index is 11.7. The summed E-state index contributed by atoms with van der Waals surface area (Å²) in [5.41, 5.74) is 6.12. The number of rotatable bonds is 3. The molecule has 5 nitrogen and oxygen atoms in total. The molecule has 0 aliphatic heterocycles. The molecule has 3 rings (SSSR count). The molecule has 1 heterocycles. The fourth-order valence-corrected chi connectivity index (χ4v) is 4.10. The Bertz CT molecular complexity index is 479. The van der Waals surface area contributed by atoms with E-state index in [1.165, 1.54) is 6.42 Å². The van der Waals surface area contributed by atoms with Gasteiger partial charge in [0.25, 0.3) is 0 Å². The molecule has 2 saturated carbocycles. The number of hydrogen-bond acceptors (Lipinski definition) is 4. The third-order valence-corrected chi connectivity index (χ3v) is 5.29. The van der Waals surface area contributed by atoms with Gasteiger partial charge in [-0.05, 0) is 38.0 Å². The summed E-state index contributed by atoms with van der Waals surface area (Å²) in [6.45, 7) is 2.28. The minimum Gasteiger partial charge on any atom is -0.327 e. The van der Waals surface area contributed by atoms with Crippen LogP contribution in [0.4, 0.5) is 0 Å². The molecule has 2 fully saturated rings. The molecule has 100 valence electrons. The molecule has 6 heteroatoms. The Morgan fingerprint density at radius 3 is 2.89 bits per heavy atom. The summed E-state index contributed by atoms with van der Waals surface area (Å²) in [6.07, 6.45) is 5.61. The fourth-order valence-electron chi connectivity index (χ4n) is 2.65. The lowest BCUT2D eigenvalue weighted by Gasteiger charge is -2.31. The van der Waals surface area contributed by atoms with Gasteiger partial charge >= 0.3 is 5.69 Å². The van der Waals surface area contributed by atoms with Crippen molar-refractivity contribution in [2.24, 2.45) is 11.7 Å². The average molecular weight is 268 g/mol. The number of thioether (sulfide) groups is 1. The predicted molar refractivity (Wildman–Crippen MR) is 71.8 cm³/mol. The second kappa shape index (κ2) is 4.74. The fraction of sp³-hybridized carbons (Fsp3) is 0.833. The molecule has 18 heavy (non-hydrogen) atoms. The average Bonchev–Trinajstić information content (AvgIpc) is 3.10.